The summed E-state index contributed by atoms with van der Waals surface area (Å²) >= 11 is 0. The molecule has 0 saturated carbocycles. The highest BCUT2D eigenvalue weighted by molar-refractivity contribution is 4.39. The zero-order chi connectivity index (χ0) is 4.12. The van der Waals surface area contributed by atoms with Crippen LogP contribution in [-0.4, -0.2) is 7.05 Å². The Bertz CT molecular complexity index is 46.1. The Kier molecular flexibility index (Phi) is 2.76. The van der Waals surface area contributed by atoms with Gasteiger partial charge in [0, 0.05) is 7.05 Å². The van der Waals surface area contributed by atoms with Crippen LogP contribution in [0.4, 0.5) is 0 Å². The lowest BCUT2D eigenvalue weighted by Gasteiger charge is -1.78. The van der Waals surface area contributed by atoms with Gasteiger partial charge < -0.3 is 4.84 Å². The highest BCUT2D eigenvalue weighted by Gasteiger charge is 1.56. The smallest absolute Gasteiger partial charge is 0.307 e. The fraction of sp³-hybridized carbons (Fsp3) is 0.500. The Balaban J connectivity index is 2.48. The van der Waals surface area contributed by atoms with Crippen molar-refractivity contribution in [3.05, 3.63) is 0 Å². The first-order valence-electron chi connectivity index (χ1n) is 1.13. The molecule has 0 heterocycles. The summed E-state index contributed by atoms with van der Waals surface area (Å²) in [5.41, 5.74) is 2.16. The first-order valence-corrected chi connectivity index (χ1v) is 1.13. The Morgan fingerprint density at radius 2 is 2.60 bits per heavy atom. The van der Waals surface area contributed by atoms with E-state index in [1.807, 2.05) is 0 Å². The molecule has 0 aromatic rings. The number of hydrogen-bond donors (Lipinski definition) is 1. The molecule has 0 aliphatic carbocycles. The van der Waals surface area contributed by atoms with Crippen LogP contribution < -0.4 is 5.48 Å². The summed E-state index contributed by atoms with van der Waals surface area (Å²) in [5, 5.41) is 7.53. The normalized spacial score (nSPS) is 5.60. The van der Waals surface area contributed by atoms with Gasteiger partial charge in [0.15, 0.2) is 0 Å². The molecule has 0 bridgehead atoms. The first kappa shape index (κ1) is 4.25. The molecule has 0 fully saturated rings. The lowest BCUT2D eigenvalue weighted by Crippen LogP contribution is -1.99. The molecule has 0 aromatic heterocycles. The number of rotatable bonds is 1. The summed E-state index contributed by atoms with van der Waals surface area (Å²) in [6, 6.07) is 0. The van der Waals surface area contributed by atoms with Crippen LogP contribution >= 0.6 is 0 Å². The highest BCUT2D eigenvalue weighted by atomic mass is 16.6. The summed E-state index contributed by atoms with van der Waals surface area (Å²) in [4.78, 5) is 3.89. The molecule has 3 nitrogen and oxygen atoms in total. The molecule has 5 heavy (non-hydrogen) atoms. The first-order chi connectivity index (χ1) is 2.41. The summed E-state index contributed by atoms with van der Waals surface area (Å²) in [5.74, 6) is 0. The van der Waals surface area contributed by atoms with E-state index in [1.54, 1.807) is 0 Å². The van der Waals surface area contributed by atoms with E-state index in [0.29, 0.717) is 0 Å². The molecule has 0 amide bonds. The maximum absolute atomic E-state index is 7.53. The molecule has 0 atom stereocenters. The van der Waals surface area contributed by atoms with Gasteiger partial charge in [0.1, 0.15) is 0 Å². The zero-order valence-corrected chi connectivity index (χ0v) is 2.86. The van der Waals surface area contributed by atoms with Crippen LogP contribution in [0.15, 0.2) is 0 Å². The van der Waals surface area contributed by atoms with E-state index in [1.165, 1.54) is 13.3 Å². The second-order valence-electron chi connectivity index (χ2n) is 0.397. The minimum atomic E-state index is 1.41. The molecule has 0 spiro atoms. The molecule has 28 valence electrons. The number of nitriles is 1. The second kappa shape index (κ2) is 3.25. The van der Waals surface area contributed by atoms with Gasteiger partial charge in [-0.25, -0.2) is 0 Å². The predicted octanol–water partition coefficient (Wildman–Crippen LogP) is -0.382. The number of hydroxylamine groups is 1. The average Bonchev–Trinajstić information content (AvgIpc) is 1.41. The van der Waals surface area contributed by atoms with Crippen LogP contribution in [0.2, 0.25) is 0 Å². The number of nitrogens with one attached hydrogen (secondary N) is 1. The van der Waals surface area contributed by atoms with E-state index >= 15 is 0 Å². The standard InChI is InChI=1S/C2H4N2O/c1-4-5-2-3/h4H,1H3. The molecule has 0 radical (unpaired) electrons. The van der Waals surface area contributed by atoms with Gasteiger partial charge in [-0.1, -0.05) is 0 Å². The molecule has 3 heteroatoms. The number of nitrogens with zero attached hydrogens (tertiary/aromatic N) is 1. The molecular weight excluding hydrogens is 68.0 g/mol. The molecular formula is C2H4N2O. The van der Waals surface area contributed by atoms with Crippen molar-refractivity contribution in [2.24, 2.45) is 0 Å². The van der Waals surface area contributed by atoms with Crippen molar-refractivity contribution in [3.8, 4) is 6.26 Å². The predicted molar refractivity (Wildman–Crippen MR) is 15.8 cm³/mol. The Morgan fingerprint density at radius 1 is 2.00 bits per heavy atom. The van der Waals surface area contributed by atoms with E-state index in [0.717, 1.165) is 0 Å². The van der Waals surface area contributed by atoms with E-state index in [4.69, 9.17) is 5.26 Å². The van der Waals surface area contributed by atoms with Crippen molar-refractivity contribution in [2.75, 3.05) is 7.05 Å². The maximum atomic E-state index is 7.53. The molecule has 0 rings (SSSR count). The summed E-state index contributed by atoms with van der Waals surface area (Å²) in [6.45, 7) is 0. The van der Waals surface area contributed by atoms with Gasteiger partial charge in [-0.2, -0.15) is 0 Å². The molecule has 1 N–H and O–H groups in total. The Hall–Kier alpha value is -0.750. The van der Waals surface area contributed by atoms with Crippen LogP contribution in [-0.2, 0) is 4.84 Å². The van der Waals surface area contributed by atoms with Gasteiger partial charge in [-0.05, 0) is 0 Å². The Labute approximate surface area is 30.1 Å². The van der Waals surface area contributed by atoms with Crippen LogP contribution in [0.5, 0.6) is 0 Å². The third-order valence-electron chi connectivity index (χ3n) is 0.148. The topological polar surface area (TPSA) is 45.0 Å². The van der Waals surface area contributed by atoms with E-state index in [2.05, 4.69) is 10.3 Å². The second-order valence-corrected chi connectivity index (χ2v) is 0.397. The molecule has 0 aliphatic heterocycles. The minimum Gasteiger partial charge on any atom is -0.331 e. The van der Waals surface area contributed by atoms with E-state index < -0.39 is 0 Å². The average molecular weight is 72.1 g/mol. The monoisotopic (exact) mass is 72.0 g/mol. The molecule has 0 unspecified atom stereocenters. The quantitative estimate of drug-likeness (QED) is 0.339. The van der Waals surface area contributed by atoms with Gasteiger partial charge in [0.05, 0.1) is 0 Å². The van der Waals surface area contributed by atoms with Crippen LogP contribution in [0.3, 0.4) is 0 Å². The number of hydrogen-bond acceptors (Lipinski definition) is 3. The highest BCUT2D eigenvalue weighted by Crippen LogP contribution is 1.43. The van der Waals surface area contributed by atoms with Crippen molar-refractivity contribution < 1.29 is 4.84 Å². The van der Waals surface area contributed by atoms with Crippen molar-refractivity contribution in [2.45, 2.75) is 0 Å². The fourth-order valence-electron chi connectivity index (χ4n) is 0.0456. The van der Waals surface area contributed by atoms with Crippen molar-refractivity contribution in [1.82, 2.24) is 5.48 Å². The van der Waals surface area contributed by atoms with Crippen LogP contribution in [0.1, 0.15) is 0 Å². The third kappa shape index (κ3) is 3.25. The van der Waals surface area contributed by atoms with Crippen LogP contribution in [0.25, 0.3) is 0 Å². The molecule has 0 aliphatic rings. The summed E-state index contributed by atoms with van der Waals surface area (Å²) in [7, 11) is 1.52. The summed E-state index contributed by atoms with van der Waals surface area (Å²) in [6.07, 6.45) is 1.41. The van der Waals surface area contributed by atoms with Crippen molar-refractivity contribution >= 4 is 0 Å². The van der Waals surface area contributed by atoms with Crippen LogP contribution in [0, 0.1) is 11.5 Å². The Morgan fingerprint density at radius 3 is 2.60 bits per heavy atom. The van der Waals surface area contributed by atoms with Gasteiger partial charge in [0.2, 0.25) is 0 Å². The minimum absolute atomic E-state index is 1.41. The van der Waals surface area contributed by atoms with Crippen molar-refractivity contribution in [1.29, 1.82) is 5.26 Å². The lowest BCUT2D eigenvalue weighted by atomic mass is 11.5. The fourth-order valence-corrected chi connectivity index (χ4v) is 0.0456. The SMILES string of the molecule is CNOC#N. The van der Waals surface area contributed by atoms with Gasteiger partial charge >= 0.3 is 6.26 Å². The maximum Gasteiger partial charge on any atom is 0.307 e. The molecule has 0 aromatic carbocycles. The molecule has 0 saturated heterocycles. The largest absolute Gasteiger partial charge is 0.331 e. The van der Waals surface area contributed by atoms with E-state index in [-0.39, 0.29) is 0 Å². The van der Waals surface area contributed by atoms with E-state index in [9.17, 15) is 0 Å². The van der Waals surface area contributed by atoms with Gasteiger partial charge in [0.25, 0.3) is 0 Å². The van der Waals surface area contributed by atoms with Crippen molar-refractivity contribution in [3.63, 3.8) is 0 Å². The summed E-state index contributed by atoms with van der Waals surface area (Å²) < 4.78 is 0. The lowest BCUT2D eigenvalue weighted by molar-refractivity contribution is 0.178. The van der Waals surface area contributed by atoms with Gasteiger partial charge in [-0.3, -0.25) is 0 Å². The zero-order valence-electron chi connectivity index (χ0n) is 2.86. The van der Waals surface area contributed by atoms with Gasteiger partial charge in [-0.15, -0.1) is 10.7 Å². The third-order valence-corrected chi connectivity index (χ3v) is 0.148.